The molecule has 0 saturated carbocycles. The first-order chi connectivity index (χ1) is 13.7. The van der Waals surface area contributed by atoms with E-state index in [9.17, 15) is 4.79 Å². The predicted octanol–water partition coefficient (Wildman–Crippen LogP) is 3.76. The summed E-state index contributed by atoms with van der Waals surface area (Å²) in [6.45, 7) is 5.56. The third kappa shape index (κ3) is 3.67. The number of benzene rings is 1. The van der Waals surface area contributed by atoms with Gasteiger partial charge in [-0.25, -0.2) is 9.97 Å². The van der Waals surface area contributed by atoms with Crippen LogP contribution in [0.25, 0.3) is 11.1 Å². The van der Waals surface area contributed by atoms with Crippen molar-refractivity contribution in [1.82, 2.24) is 25.1 Å². The molecule has 6 heteroatoms. The molecular formula is C22H25N5O. The number of rotatable bonds is 4. The third-order valence-corrected chi connectivity index (χ3v) is 5.46. The van der Waals surface area contributed by atoms with Crippen molar-refractivity contribution in [2.24, 2.45) is 0 Å². The average molecular weight is 375 g/mol. The van der Waals surface area contributed by atoms with Gasteiger partial charge in [-0.05, 0) is 25.3 Å². The summed E-state index contributed by atoms with van der Waals surface area (Å²) in [7, 11) is 0. The number of carbonyl (C=O) groups is 1. The molecule has 2 aromatic heterocycles. The van der Waals surface area contributed by atoms with E-state index in [1.54, 1.807) is 12.4 Å². The van der Waals surface area contributed by atoms with E-state index in [2.05, 4.69) is 51.4 Å². The van der Waals surface area contributed by atoms with Gasteiger partial charge < -0.3 is 4.90 Å². The fourth-order valence-electron chi connectivity index (χ4n) is 3.85. The van der Waals surface area contributed by atoms with Gasteiger partial charge in [-0.1, -0.05) is 36.8 Å². The first-order valence-electron chi connectivity index (χ1n) is 9.86. The van der Waals surface area contributed by atoms with Crippen molar-refractivity contribution in [2.45, 2.75) is 39.0 Å². The highest BCUT2D eigenvalue weighted by atomic mass is 16.2. The lowest BCUT2D eigenvalue weighted by Crippen LogP contribution is -2.38. The lowest BCUT2D eigenvalue weighted by Gasteiger charge is -2.32. The van der Waals surface area contributed by atoms with Gasteiger partial charge in [0.2, 0.25) is 0 Å². The third-order valence-electron chi connectivity index (χ3n) is 5.46. The number of aryl methyl sites for hydroxylation is 2. The highest BCUT2D eigenvalue weighted by Crippen LogP contribution is 2.34. The molecule has 1 N–H and O–H groups in total. The lowest BCUT2D eigenvalue weighted by molar-refractivity contribution is 0.0711. The zero-order chi connectivity index (χ0) is 19.5. The maximum absolute atomic E-state index is 12.7. The molecule has 28 heavy (non-hydrogen) atoms. The molecule has 1 aliphatic heterocycles. The quantitative estimate of drug-likeness (QED) is 0.753. The second kappa shape index (κ2) is 7.92. The Morgan fingerprint density at radius 3 is 2.61 bits per heavy atom. The van der Waals surface area contributed by atoms with Gasteiger partial charge in [0, 0.05) is 49.1 Å². The fourth-order valence-corrected chi connectivity index (χ4v) is 3.85. The van der Waals surface area contributed by atoms with Crippen LogP contribution in [0.1, 0.15) is 53.1 Å². The molecule has 3 aromatic rings. The summed E-state index contributed by atoms with van der Waals surface area (Å²) < 4.78 is 0. The van der Waals surface area contributed by atoms with Gasteiger partial charge in [-0.2, -0.15) is 5.10 Å². The number of amides is 1. The van der Waals surface area contributed by atoms with Crippen molar-refractivity contribution in [3.05, 3.63) is 65.5 Å². The molecule has 1 aliphatic rings. The van der Waals surface area contributed by atoms with Crippen LogP contribution in [0, 0.1) is 6.92 Å². The summed E-state index contributed by atoms with van der Waals surface area (Å²) in [4.78, 5) is 23.1. The summed E-state index contributed by atoms with van der Waals surface area (Å²) >= 11 is 0. The van der Waals surface area contributed by atoms with Crippen LogP contribution in [0.5, 0.6) is 0 Å². The van der Waals surface area contributed by atoms with Gasteiger partial charge in [0.05, 0.1) is 11.8 Å². The smallest absolute Gasteiger partial charge is 0.256 e. The van der Waals surface area contributed by atoms with Crippen LogP contribution in [-0.2, 0) is 6.42 Å². The normalized spacial score (nSPS) is 15.0. The number of carbonyl (C=O) groups excluding carboxylic acids is 1. The van der Waals surface area contributed by atoms with Gasteiger partial charge in [0.1, 0.15) is 5.82 Å². The van der Waals surface area contributed by atoms with Crippen LogP contribution >= 0.6 is 0 Å². The summed E-state index contributed by atoms with van der Waals surface area (Å²) in [5.41, 5.74) is 5.33. The van der Waals surface area contributed by atoms with Crippen LogP contribution in [0.15, 0.2) is 42.9 Å². The van der Waals surface area contributed by atoms with E-state index >= 15 is 0 Å². The zero-order valence-corrected chi connectivity index (χ0v) is 16.4. The average Bonchev–Trinajstić information content (AvgIpc) is 3.23. The molecule has 4 rings (SSSR count). The molecule has 0 bridgehead atoms. The Balaban J connectivity index is 1.45. The minimum atomic E-state index is 0.0182. The number of aromatic nitrogens is 4. The number of piperidine rings is 1. The van der Waals surface area contributed by atoms with Crippen molar-refractivity contribution >= 4 is 5.91 Å². The van der Waals surface area contributed by atoms with Crippen LogP contribution in [0.2, 0.25) is 0 Å². The van der Waals surface area contributed by atoms with E-state index < -0.39 is 0 Å². The summed E-state index contributed by atoms with van der Waals surface area (Å²) in [6, 6.07) is 8.49. The van der Waals surface area contributed by atoms with Crippen molar-refractivity contribution in [1.29, 1.82) is 0 Å². The Bertz CT molecular complexity index is 955. The van der Waals surface area contributed by atoms with E-state index in [1.807, 2.05) is 18.0 Å². The number of hydrogen-bond acceptors (Lipinski definition) is 4. The van der Waals surface area contributed by atoms with E-state index in [1.165, 1.54) is 16.8 Å². The largest absolute Gasteiger partial charge is 0.339 e. The standard InChI is InChI=1S/C22H25N5O/c1-3-20-23-12-18(13-24-20)22(28)27-9-7-16(8-10-27)21-19(14-25-26-21)17-6-4-5-15(2)11-17/h4-6,11-14,16H,3,7-10H2,1-2H3,(H,25,26). The molecule has 1 fully saturated rings. The second-order valence-electron chi connectivity index (χ2n) is 7.37. The van der Waals surface area contributed by atoms with Crippen LogP contribution in [0.4, 0.5) is 0 Å². The van der Waals surface area contributed by atoms with E-state index in [-0.39, 0.29) is 5.91 Å². The maximum atomic E-state index is 12.7. The molecule has 0 unspecified atom stereocenters. The van der Waals surface area contributed by atoms with Crippen molar-refractivity contribution in [3.8, 4) is 11.1 Å². The molecule has 3 heterocycles. The summed E-state index contributed by atoms with van der Waals surface area (Å²) in [5, 5.41) is 7.51. The van der Waals surface area contributed by atoms with Crippen LogP contribution in [0.3, 0.4) is 0 Å². The Hall–Kier alpha value is -3.02. The Morgan fingerprint density at radius 1 is 1.18 bits per heavy atom. The monoisotopic (exact) mass is 375 g/mol. The SMILES string of the molecule is CCc1ncc(C(=O)N2CCC(c3[nH]ncc3-c3cccc(C)c3)CC2)cn1. The Morgan fingerprint density at radius 2 is 1.93 bits per heavy atom. The molecule has 6 nitrogen and oxygen atoms in total. The Kier molecular flexibility index (Phi) is 5.19. The van der Waals surface area contributed by atoms with Crippen LogP contribution in [-0.4, -0.2) is 44.1 Å². The number of aromatic amines is 1. The van der Waals surface area contributed by atoms with Crippen molar-refractivity contribution in [2.75, 3.05) is 13.1 Å². The van der Waals surface area contributed by atoms with Gasteiger partial charge in [-0.15, -0.1) is 0 Å². The number of nitrogens with one attached hydrogen (secondary N) is 1. The lowest BCUT2D eigenvalue weighted by atomic mass is 9.89. The maximum Gasteiger partial charge on any atom is 0.256 e. The zero-order valence-electron chi connectivity index (χ0n) is 16.4. The first kappa shape index (κ1) is 18.3. The summed E-state index contributed by atoms with van der Waals surface area (Å²) in [6.07, 6.45) is 7.80. The predicted molar refractivity (Wildman–Crippen MR) is 108 cm³/mol. The molecular weight excluding hydrogens is 350 g/mol. The highest BCUT2D eigenvalue weighted by molar-refractivity contribution is 5.93. The molecule has 0 atom stereocenters. The molecule has 144 valence electrons. The van der Waals surface area contributed by atoms with Crippen molar-refractivity contribution < 1.29 is 4.79 Å². The second-order valence-corrected chi connectivity index (χ2v) is 7.37. The van der Waals surface area contributed by atoms with Gasteiger partial charge in [0.15, 0.2) is 0 Å². The highest BCUT2D eigenvalue weighted by Gasteiger charge is 2.27. The van der Waals surface area contributed by atoms with Gasteiger partial charge in [0.25, 0.3) is 5.91 Å². The number of hydrogen-bond donors (Lipinski definition) is 1. The van der Waals surface area contributed by atoms with Crippen molar-refractivity contribution in [3.63, 3.8) is 0 Å². The molecule has 0 radical (unpaired) electrons. The number of H-pyrrole nitrogens is 1. The topological polar surface area (TPSA) is 74.8 Å². The molecule has 1 amide bonds. The minimum Gasteiger partial charge on any atom is -0.339 e. The van der Waals surface area contributed by atoms with Gasteiger partial charge >= 0.3 is 0 Å². The van der Waals surface area contributed by atoms with Crippen LogP contribution < -0.4 is 0 Å². The molecule has 0 spiro atoms. The Labute approximate surface area is 165 Å². The first-order valence-corrected chi connectivity index (χ1v) is 9.86. The number of nitrogens with zero attached hydrogens (tertiary/aromatic N) is 4. The molecule has 1 saturated heterocycles. The van der Waals surface area contributed by atoms with E-state index in [4.69, 9.17) is 0 Å². The summed E-state index contributed by atoms with van der Waals surface area (Å²) in [5.74, 6) is 1.16. The molecule has 1 aromatic carbocycles. The van der Waals surface area contributed by atoms with Gasteiger partial charge in [-0.3, -0.25) is 9.89 Å². The van der Waals surface area contributed by atoms with E-state index in [0.29, 0.717) is 11.5 Å². The van der Waals surface area contributed by atoms with E-state index in [0.717, 1.165) is 43.7 Å². The molecule has 0 aliphatic carbocycles. The number of likely N-dealkylation sites (tertiary alicyclic amines) is 1. The minimum absolute atomic E-state index is 0.0182. The fraction of sp³-hybridized carbons (Fsp3) is 0.364.